The molecule has 1 heteroatoms. The Bertz CT molecular complexity index is 59.6. The number of unbranched alkanes of at least 4 members (excludes halogenated alkanes) is 5. The van der Waals surface area contributed by atoms with E-state index in [2.05, 4.69) is 6.92 Å². The van der Waals surface area contributed by atoms with Crippen LogP contribution in [0.25, 0.3) is 0 Å². The van der Waals surface area contributed by atoms with Crippen LogP contribution in [0, 0.1) is 0 Å². The maximum absolute atomic E-state index is 9.71. The van der Waals surface area contributed by atoms with Crippen molar-refractivity contribution in [2.45, 2.75) is 45.4 Å². The molecule has 0 aliphatic carbocycles. The van der Waals surface area contributed by atoms with Crippen LogP contribution < -0.4 is 0 Å². The summed E-state index contributed by atoms with van der Waals surface area (Å²) in [6, 6.07) is 0. The molecule has 0 bridgehead atoms. The zero-order valence-electron chi connectivity index (χ0n) is 6.15. The number of rotatable bonds is 6. The molecule has 0 atom stereocenters. The zero-order valence-corrected chi connectivity index (χ0v) is 6.15. The third kappa shape index (κ3) is 7.67. The molecule has 9 heavy (non-hydrogen) atoms. The molecule has 0 heterocycles. The minimum absolute atomic E-state index is 0.629. The van der Waals surface area contributed by atoms with Crippen molar-refractivity contribution in [3.63, 3.8) is 0 Å². The van der Waals surface area contributed by atoms with Gasteiger partial charge in [0.05, 0.1) is 0 Å². The summed E-state index contributed by atoms with van der Waals surface area (Å²) in [5.41, 5.74) is 0. The van der Waals surface area contributed by atoms with Crippen molar-refractivity contribution in [1.82, 2.24) is 0 Å². The largest absolute Gasteiger partial charge is 0.291 e. The Balaban J connectivity index is 2.66. The summed E-state index contributed by atoms with van der Waals surface area (Å²) in [5.74, 6) is 0. The average Bonchev–Trinajstić information content (AvgIpc) is 1.89. The van der Waals surface area contributed by atoms with E-state index in [0.717, 1.165) is 6.42 Å². The molecule has 0 aliphatic rings. The average molecular weight is 131 g/mol. The van der Waals surface area contributed by atoms with Crippen molar-refractivity contribution in [3.05, 3.63) is 0 Å². The molecule has 0 aliphatic heterocycles. The Morgan fingerprint density at radius 2 is 1.78 bits per heavy atom. The minimum Gasteiger partial charge on any atom is -0.291 e. The van der Waals surface area contributed by atoms with Gasteiger partial charge in [-0.15, -0.1) is 0 Å². The van der Waals surface area contributed by atoms with E-state index in [-0.39, 0.29) is 0 Å². The van der Waals surface area contributed by atoms with Crippen molar-refractivity contribution in [2.24, 2.45) is 0 Å². The first kappa shape index (κ1) is 8.67. The van der Waals surface area contributed by atoms with E-state index in [1.165, 1.54) is 25.7 Å². The molecule has 0 saturated heterocycles. The van der Waals surface area contributed by atoms with Crippen LogP contribution >= 0.6 is 0 Å². The molecule has 0 fully saturated rings. The molecule has 0 unspecified atom stereocenters. The first-order chi connectivity index (χ1) is 4.41. The van der Waals surface area contributed by atoms with Gasteiger partial charge in [-0.25, -0.2) is 0 Å². The maximum atomic E-state index is 9.71. The van der Waals surface area contributed by atoms with Crippen molar-refractivity contribution in [3.8, 4) is 0 Å². The highest BCUT2D eigenvalue weighted by Gasteiger charge is 1.86. The third-order valence-corrected chi connectivity index (χ3v) is 1.38. The molecule has 53 valence electrons. The topological polar surface area (TPSA) is 17.1 Å². The lowest BCUT2D eigenvalue weighted by Gasteiger charge is -1.93. The summed E-state index contributed by atoms with van der Waals surface area (Å²) in [6.45, 7) is 2.19. The number of carbonyl (C=O) groups excluding carboxylic acids is 1. The third-order valence-electron chi connectivity index (χ3n) is 1.38. The number of hydrogen-bond donors (Lipinski definition) is 0. The van der Waals surface area contributed by atoms with Gasteiger partial charge in [-0.1, -0.05) is 32.6 Å². The van der Waals surface area contributed by atoms with Crippen LogP contribution in [0.2, 0.25) is 0 Å². The minimum atomic E-state index is 0.629. The predicted molar refractivity (Wildman–Crippen MR) is 39.1 cm³/mol. The molecule has 0 amide bonds. The summed E-state index contributed by atoms with van der Waals surface area (Å²) in [4.78, 5) is 9.71. The normalized spacial score (nSPS) is 9.44. The van der Waals surface area contributed by atoms with Gasteiger partial charge < -0.3 is 0 Å². The Labute approximate surface area is 57.5 Å². The quantitative estimate of drug-likeness (QED) is 0.399. The van der Waals surface area contributed by atoms with E-state index in [0.29, 0.717) is 6.42 Å². The standard InChI is InChI=1S/C8H15O/c1-2-3-4-5-6-7-8-9/h2-7H2,1H3/i1+1,3+1,5+1,7+1. The van der Waals surface area contributed by atoms with Crippen LogP contribution in [0.1, 0.15) is 45.4 Å². The maximum Gasteiger partial charge on any atom is 0.198 e. The van der Waals surface area contributed by atoms with Crippen LogP contribution in [0.3, 0.4) is 0 Å². The van der Waals surface area contributed by atoms with Crippen LogP contribution in [0.5, 0.6) is 0 Å². The van der Waals surface area contributed by atoms with Gasteiger partial charge in [0.2, 0.25) is 0 Å². The molecule has 1 radical (unpaired) electrons. The molecular weight excluding hydrogens is 116 g/mol. The molecule has 0 rings (SSSR count). The van der Waals surface area contributed by atoms with Gasteiger partial charge in [0, 0.05) is 6.42 Å². The van der Waals surface area contributed by atoms with Crippen LogP contribution in [0.4, 0.5) is 0 Å². The Morgan fingerprint density at radius 3 is 2.33 bits per heavy atom. The second-order valence-electron chi connectivity index (χ2n) is 2.31. The molecular formula is C8H15O. The fourth-order valence-electron chi connectivity index (χ4n) is 0.801. The zero-order chi connectivity index (χ0) is 6.95. The monoisotopic (exact) mass is 131 g/mol. The molecule has 0 aromatic carbocycles. The second kappa shape index (κ2) is 7.67. The predicted octanol–water partition coefficient (Wildman–Crippen LogP) is 2.46. The second-order valence-corrected chi connectivity index (χ2v) is 2.31. The highest BCUT2D eigenvalue weighted by Crippen LogP contribution is 2.02. The van der Waals surface area contributed by atoms with Crippen LogP contribution in [-0.4, -0.2) is 6.29 Å². The molecule has 1 nitrogen and oxygen atoms in total. The fourth-order valence-corrected chi connectivity index (χ4v) is 0.801. The van der Waals surface area contributed by atoms with Gasteiger partial charge in [-0.3, -0.25) is 4.79 Å². The lowest BCUT2D eigenvalue weighted by atomic mass is 10.6. The SMILES string of the molecule is [13CH3]C[13CH2]C[13CH2]C[13CH2][C]=O. The van der Waals surface area contributed by atoms with E-state index >= 15 is 0 Å². The lowest BCUT2D eigenvalue weighted by molar-refractivity contribution is 0.543. The van der Waals surface area contributed by atoms with Crippen LogP contribution in [0.15, 0.2) is 0 Å². The summed E-state index contributed by atoms with van der Waals surface area (Å²) in [7, 11) is 0. The summed E-state index contributed by atoms with van der Waals surface area (Å²) >= 11 is 0. The van der Waals surface area contributed by atoms with Gasteiger partial charge in [0.25, 0.3) is 0 Å². The van der Waals surface area contributed by atoms with E-state index in [4.69, 9.17) is 0 Å². The van der Waals surface area contributed by atoms with Crippen LogP contribution in [-0.2, 0) is 4.79 Å². The Morgan fingerprint density at radius 1 is 1.11 bits per heavy atom. The molecule has 0 N–H and O–H groups in total. The summed E-state index contributed by atoms with van der Waals surface area (Å²) in [5, 5.41) is 0. The number of hydrogen-bond acceptors (Lipinski definition) is 1. The first-order valence-electron chi connectivity index (χ1n) is 3.76. The first-order valence-corrected chi connectivity index (χ1v) is 3.76. The summed E-state index contributed by atoms with van der Waals surface area (Å²) < 4.78 is 0. The highest BCUT2D eigenvalue weighted by molar-refractivity contribution is 5.50. The van der Waals surface area contributed by atoms with Crippen molar-refractivity contribution >= 4 is 6.29 Å². The van der Waals surface area contributed by atoms with Gasteiger partial charge in [0.15, 0.2) is 6.29 Å². The van der Waals surface area contributed by atoms with E-state index in [9.17, 15) is 4.79 Å². The van der Waals surface area contributed by atoms with Crippen molar-refractivity contribution in [1.29, 1.82) is 0 Å². The molecule has 0 aromatic heterocycles. The van der Waals surface area contributed by atoms with Gasteiger partial charge in [-0.05, 0) is 6.42 Å². The molecule has 0 aromatic rings. The van der Waals surface area contributed by atoms with Crippen molar-refractivity contribution in [2.75, 3.05) is 0 Å². The van der Waals surface area contributed by atoms with Gasteiger partial charge >= 0.3 is 0 Å². The van der Waals surface area contributed by atoms with Crippen molar-refractivity contribution < 1.29 is 4.79 Å². The smallest absolute Gasteiger partial charge is 0.198 e. The fraction of sp³-hybridized carbons (Fsp3) is 0.875. The van der Waals surface area contributed by atoms with E-state index in [1.54, 1.807) is 0 Å². The molecule has 0 saturated carbocycles. The van der Waals surface area contributed by atoms with E-state index in [1.807, 2.05) is 6.29 Å². The Hall–Kier alpha value is -0.330. The van der Waals surface area contributed by atoms with Gasteiger partial charge in [0.1, 0.15) is 0 Å². The molecule has 0 spiro atoms. The van der Waals surface area contributed by atoms with E-state index < -0.39 is 0 Å². The lowest BCUT2D eigenvalue weighted by Crippen LogP contribution is -1.77. The van der Waals surface area contributed by atoms with Gasteiger partial charge in [-0.2, -0.15) is 0 Å². The highest BCUT2D eigenvalue weighted by atomic mass is 16.1. The summed E-state index contributed by atoms with van der Waals surface area (Å²) in [6.07, 6.45) is 8.60. The Kier molecular flexibility index (Phi) is 7.39.